The average molecular weight is 297 g/mol. The Labute approximate surface area is 128 Å². The molecule has 0 aromatic carbocycles. The fourth-order valence-electron chi connectivity index (χ4n) is 3.52. The number of hydrogen-bond acceptors (Lipinski definition) is 3. The lowest BCUT2D eigenvalue weighted by Crippen LogP contribution is -2.47. The highest BCUT2D eigenvalue weighted by atomic mass is 16.5. The van der Waals surface area contributed by atoms with Gasteiger partial charge in [0, 0.05) is 33.4 Å². The molecule has 1 aliphatic carbocycles. The molecule has 2 rings (SSSR count). The van der Waals surface area contributed by atoms with E-state index >= 15 is 0 Å². The predicted molar refractivity (Wildman–Crippen MR) is 84.4 cm³/mol. The maximum absolute atomic E-state index is 12.0. The van der Waals surface area contributed by atoms with E-state index in [0.29, 0.717) is 11.3 Å². The normalized spacial score (nSPS) is 25.1. The van der Waals surface area contributed by atoms with Gasteiger partial charge in [0.2, 0.25) is 0 Å². The van der Waals surface area contributed by atoms with Crippen molar-refractivity contribution in [2.75, 3.05) is 46.9 Å². The molecule has 2 N–H and O–H groups in total. The summed E-state index contributed by atoms with van der Waals surface area (Å²) in [6.45, 7) is 4.65. The Bertz CT molecular complexity index is 331. The molecule has 1 atom stereocenters. The Morgan fingerprint density at radius 1 is 1.33 bits per heavy atom. The van der Waals surface area contributed by atoms with E-state index < -0.39 is 0 Å². The zero-order valence-electron chi connectivity index (χ0n) is 13.6. The molecule has 0 aromatic heterocycles. The molecule has 5 heteroatoms. The summed E-state index contributed by atoms with van der Waals surface area (Å²) in [7, 11) is 3.90. The lowest BCUT2D eigenvalue weighted by Gasteiger charge is -2.42. The summed E-state index contributed by atoms with van der Waals surface area (Å²) in [6.07, 6.45) is 7.22. The van der Waals surface area contributed by atoms with E-state index in [4.69, 9.17) is 4.74 Å². The predicted octanol–water partition coefficient (Wildman–Crippen LogP) is 1.83. The molecule has 2 fully saturated rings. The second-order valence-electron chi connectivity index (χ2n) is 6.93. The molecule has 1 saturated carbocycles. The molecule has 122 valence electrons. The Kier molecular flexibility index (Phi) is 6.30. The summed E-state index contributed by atoms with van der Waals surface area (Å²) in [5.41, 5.74) is 0.290. The number of hydrogen-bond donors (Lipinski definition) is 2. The summed E-state index contributed by atoms with van der Waals surface area (Å²) in [6, 6.07) is -0.00748. The van der Waals surface area contributed by atoms with E-state index in [2.05, 4.69) is 22.6 Å². The molecule has 1 aliphatic heterocycles. The molecule has 1 heterocycles. The lowest BCUT2D eigenvalue weighted by molar-refractivity contribution is 0.0711. The Morgan fingerprint density at radius 3 is 2.76 bits per heavy atom. The van der Waals surface area contributed by atoms with E-state index in [-0.39, 0.29) is 6.03 Å². The number of nitrogens with zero attached hydrogens (tertiary/aromatic N) is 1. The van der Waals surface area contributed by atoms with Crippen LogP contribution in [0.1, 0.15) is 38.5 Å². The summed E-state index contributed by atoms with van der Waals surface area (Å²) in [4.78, 5) is 14.3. The highest BCUT2D eigenvalue weighted by Crippen LogP contribution is 2.43. The second kappa shape index (κ2) is 7.99. The quantitative estimate of drug-likeness (QED) is 0.754. The second-order valence-corrected chi connectivity index (χ2v) is 6.93. The minimum atomic E-state index is -0.00748. The van der Waals surface area contributed by atoms with Crippen LogP contribution in [0.15, 0.2) is 0 Å². The van der Waals surface area contributed by atoms with Gasteiger partial charge in [-0.3, -0.25) is 0 Å². The number of likely N-dealkylation sites (tertiary alicyclic amines) is 1. The molecular weight excluding hydrogens is 266 g/mol. The molecule has 0 unspecified atom stereocenters. The van der Waals surface area contributed by atoms with Gasteiger partial charge in [-0.25, -0.2) is 4.79 Å². The summed E-state index contributed by atoms with van der Waals surface area (Å²) in [5, 5.41) is 6.11. The van der Waals surface area contributed by atoms with Gasteiger partial charge in [0.25, 0.3) is 0 Å². The monoisotopic (exact) mass is 297 g/mol. The number of urea groups is 1. The van der Waals surface area contributed by atoms with E-state index in [9.17, 15) is 4.79 Å². The van der Waals surface area contributed by atoms with Crippen molar-refractivity contribution in [3.05, 3.63) is 0 Å². The first-order valence-electron chi connectivity index (χ1n) is 8.33. The van der Waals surface area contributed by atoms with Gasteiger partial charge < -0.3 is 20.3 Å². The van der Waals surface area contributed by atoms with Gasteiger partial charge in [-0.15, -0.1) is 0 Å². The number of piperidine rings is 1. The largest absolute Gasteiger partial charge is 0.385 e. The van der Waals surface area contributed by atoms with Crippen LogP contribution in [-0.2, 0) is 4.74 Å². The van der Waals surface area contributed by atoms with Gasteiger partial charge in [0.05, 0.1) is 0 Å². The van der Waals surface area contributed by atoms with Gasteiger partial charge in [-0.1, -0.05) is 6.42 Å². The minimum Gasteiger partial charge on any atom is -0.385 e. The number of nitrogens with one attached hydrogen (secondary N) is 2. The molecule has 2 aliphatic rings. The first-order valence-corrected chi connectivity index (χ1v) is 8.33. The van der Waals surface area contributed by atoms with E-state index in [1.54, 1.807) is 7.11 Å². The average Bonchev–Trinajstić information content (AvgIpc) is 2.44. The van der Waals surface area contributed by atoms with Crippen molar-refractivity contribution in [1.29, 1.82) is 0 Å². The third-order valence-electron chi connectivity index (χ3n) is 5.15. The van der Waals surface area contributed by atoms with E-state index in [1.807, 2.05) is 0 Å². The minimum absolute atomic E-state index is 0.00748. The third kappa shape index (κ3) is 5.15. The van der Waals surface area contributed by atoms with Crippen molar-refractivity contribution in [3.63, 3.8) is 0 Å². The smallest absolute Gasteiger partial charge is 0.314 e. The van der Waals surface area contributed by atoms with E-state index in [1.165, 1.54) is 38.6 Å². The summed E-state index contributed by atoms with van der Waals surface area (Å²) >= 11 is 0. The fourth-order valence-corrected chi connectivity index (χ4v) is 3.52. The van der Waals surface area contributed by atoms with Gasteiger partial charge in [-0.05, 0) is 57.0 Å². The van der Waals surface area contributed by atoms with Crippen LogP contribution in [0.5, 0.6) is 0 Å². The molecule has 0 bridgehead atoms. The zero-order valence-corrected chi connectivity index (χ0v) is 13.6. The molecule has 0 aromatic rings. The Hall–Kier alpha value is -0.810. The van der Waals surface area contributed by atoms with Crippen LogP contribution in [0.2, 0.25) is 0 Å². The van der Waals surface area contributed by atoms with E-state index in [0.717, 1.165) is 32.7 Å². The first kappa shape index (κ1) is 16.6. The van der Waals surface area contributed by atoms with Crippen LogP contribution in [0, 0.1) is 11.3 Å². The molecule has 0 spiro atoms. The number of carbonyl (C=O) groups excluding carboxylic acids is 1. The maximum Gasteiger partial charge on any atom is 0.314 e. The molecule has 21 heavy (non-hydrogen) atoms. The molecular formula is C16H31N3O2. The van der Waals surface area contributed by atoms with Gasteiger partial charge in [0.15, 0.2) is 0 Å². The summed E-state index contributed by atoms with van der Waals surface area (Å²) < 4.78 is 5.18. The van der Waals surface area contributed by atoms with Gasteiger partial charge >= 0.3 is 6.03 Å². The number of amides is 2. The van der Waals surface area contributed by atoms with Crippen molar-refractivity contribution >= 4 is 6.03 Å². The van der Waals surface area contributed by atoms with Crippen LogP contribution in [0.3, 0.4) is 0 Å². The number of rotatable bonds is 7. The van der Waals surface area contributed by atoms with Crippen molar-refractivity contribution in [2.24, 2.45) is 11.3 Å². The fraction of sp³-hybridized carbons (Fsp3) is 0.938. The number of carbonyl (C=O) groups is 1. The topological polar surface area (TPSA) is 53.6 Å². The SMILES string of the molecule is COCCC1(CNC(=O)NC[C@H]2CCCN(C)C2)CCC1. The Balaban J connectivity index is 1.62. The number of methoxy groups -OCH3 is 1. The van der Waals surface area contributed by atoms with Gasteiger partial charge in [0.1, 0.15) is 0 Å². The van der Waals surface area contributed by atoms with Crippen LogP contribution < -0.4 is 10.6 Å². The highest BCUT2D eigenvalue weighted by Gasteiger charge is 2.36. The van der Waals surface area contributed by atoms with Crippen LogP contribution in [0.25, 0.3) is 0 Å². The summed E-state index contributed by atoms with van der Waals surface area (Å²) in [5.74, 6) is 0.598. The molecule has 5 nitrogen and oxygen atoms in total. The third-order valence-corrected chi connectivity index (χ3v) is 5.15. The number of ether oxygens (including phenoxy) is 1. The first-order chi connectivity index (χ1) is 10.1. The van der Waals surface area contributed by atoms with Crippen molar-refractivity contribution in [3.8, 4) is 0 Å². The van der Waals surface area contributed by atoms with Crippen LogP contribution in [-0.4, -0.2) is 57.9 Å². The molecule has 0 radical (unpaired) electrons. The van der Waals surface area contributed by atoms with Gasteiger partial charge in [-0.2, -0.15) is 0 Å². The van der Waals surface area contributed by atoms with Crippen molar-refractivity contribution < 1.29 is 9.53 Å². The van der Waals surface area contributed by atoms with Crippen LogP contribution in [0.4, 0.5) is 4.79 Å². The molecule has 2 amide bonds. The lowest BCUT2D eigenvalue weighted by atomic mass is 9.67. The maximum atomic E-state index is 12.0. The van der Waals surface area contributed by atoms with Crippen LogP contribution >= 0.6 is 0 Å². The van der Waals surface area contributed by atoms with Crippen molar-refractivity contribution in [1.82, 2.24) is 15.5 Å². The highest BCUT2D eigenvalue weighted by molar-refractivity contribution is 5.73. The molecule has 1 saturated heterocycles. The standard InChI is InChI=1S/C16H31N3O2/c1-19-9-3-5-14(12-19)11-17-15(20)18-13-16(6-4-7-16)8-10-21-2/h14H,3-13H2,1-2H3,(H2,17,18,20)/t14-/m1/s1. The Morgan fingerprint density at radius 2 is 2.14 bits per heavy atom. The zero-order chi connectivity index (χ0) is 15.1. The van der Waals surface area contributed by atoms with Crippen molar-refractivity contribution in [2.45, 2.75) is 38.5 Å².